The van der Waals surface area contributed by atoms with E-state index in [1.807, 2.05) is 38.5 Å². The molecule has 1 N–H and O–H groups in total. The SMILES string of the molecule is CN=C(NCc1ccnc(N2CCCCC2)c1)N(C)Cc1ccccc1OC.I. The molecule has 3 rings (SSSR count). The van der Waals surface area contributed by atoms with E-state index in [4.69, 9.17) is 4.74 Å². The standard InChI is InChI=1S/C22H31N5O.HI/c1-23-22(26(2)17-19-9-5-6-10-20(19)28-3)25-16-18-11-12-24-21(15-18)27-13-7-4-8-14-27;/h5-6,9-12,15H,4,7-8,13-14,16-17H2,1-3H3,(H,23,25);1H. The van der Waals surface area contributed by atoms with Gasteiger partial charge in [0.2, 0.25) is 0 Å². The topological polar surface area (TPSA) is 53.0 Å². The third-order valence-corrected chi connectivity index (χ3v) is 5.11. The number of guanidine groups is 1. The maximum absolute atomic E-state index is 5.46. The third-order valence-electron chi connectivity index (χ3n) is 5.11. The Morgan fingerprint density at radius 2 is 1.97 bits per heavy atom. The van der Waals surface area contributed by atoms with Crippen molar-refractivity contribution < 1.29 is 4.74 Å². The summed E-state index contributed by atoms with van der Waals surface area (Å²) in [5.41, 5.74) is 2.34. The molecule has 0 aliphatic carbocycles. The predicted molar refractivity (Wildman–Crippen MR) is 130 cm³/mol. The summed E-state index contributed by atoms with van der Waals surface area (Å²) in [5.74, 6) is 2.82. The Kier molecular flexibility index (Phi) is 9.50. The first-order chi connectivity index (χ1) is 13.7. The highest BCUT2D eigenvalue weighted by molar-refractivity contribution is 14.0. The molecule has 0 radical (unpaired) electrons. The van der Waals surface area contributed by atoms with Gasteiger partial charge in [0.15, 0.2) is 5.96 Å². The second-order valence-electron chi connectivity index (χ2n) is 7.14. The number of ether oxygens (including phenoxy) is 1. The molecule has 158 valence electrons. The number of anilines is 1. The van der Waals surface area contributed by atoms with Gasteiger partial charge in [-0.15, -0.1) is 24.0 Å². The number of piperidine rings is 1. The summed E-state index contributed by atoms with van der Waals surface area (Å²) in [6, 6.07) is 12.3. The van der Waals surface area contributed by atoms with Crippen molar-refractivity contribution in [2.24, 2.45) is 4.99 Å². The Labute approximate surface area is 191 Å². The van der Waals surface area contributed by atoms with E-state index in [2.05, 4.69) is 43.3 Å². The first-order valence-corrected chi connectivity index (χ1v) is 9.95. The molecule has 1 fully saturated rings. The van der Waals surface area contributed by atoms with Crippen LogP contribution in [0.25, 0.3) is 0 Å². The molecule has 7 heteroatoms. The summed E-state index contributed by atoms with van der Waals surface area (Å²) < 4.78 is 5.46. The van der Waals surface area contributed by atoms with Crippen LogP contribution in [0.5, 0.6) is 5.75 Å². The number of aliphatic imine (C=N–C) groups is 1. The summed E-state index contributed by atoms with van der Waals surface area (Å²) >= 11 is 0. The Hall–Kier alpha value is -2.03. The number of aromatic nitrogens is 1. The van der Waals surface area contributed by atoms with Crippen LogP contribution in [0.4, 0.5) is 5.82 Å². The van der Waals surface area contributed by atoms with Crippen molar-refractivity contribution in [2.75, 3.05) is 39.2 Å². The zero-order valence-electron chi connectivity index (χ0n) is 17.6. The van der Waals surface area contributed by atoms with Crippen LogP contribution in [-0.4, -0.2) is 50.1 Å². The van der Waals surface area contributed by atoms with Crippen molar-refractivity contribution in [3.8, 4) is 5.75 Å². The molecule has 29 heavy (non-hydrogen) atoms. The number of halogens is 1. The van der Waals surface area contributed by atoms with Gasteiger partial charge in [-0.25, -0.2) is 4.98 Å². The second kappa shape index (κ2) is 11.8. The lowest BCUT2D eigenvalue weighted by Gasteiger charge is -2.28. The number of benzene rings is 1. The molecule has 0 spiro atoms. The summed E-state index contributed by atoms with van der Waals surface area (Å²) in [6.07, 6.45) is 5.74. The summed E-state index contributed by atoms with van der Waals surface area (Å²) in [6.45, 7) is 3.64. The molecular weight excluding hydrogens is 477 g/mol. The van der Waals surface area contributed by atoms with Crippen LogP contribution in [0.1, 0.15) is 30.4 Å². The molecule has 1 aliphatic heterocycles. The van der Waals surface area contributed by atoms with E-state index in [-0.39, 0.29) is 24.0 Å². The molecular formula is C22H32IN5O. The van der Waals surface area contributed by atoms with Gasteiger partial charge in [0, 0.05) is 52.0 Å². The molecule has 0 amide bonds. The van der Waals surface area contributed by atoms with Gasteiger partial charge in [0.25, 0.3) is 0 Å². The quantitative estimate of drug-likeness (QED) is 0.364. The Morgan fingerprint density at radius 1 is 1.21 bits per heavy atom. The zero-order valence-corrected chi connectivity index (χ0v) is 19.9. The number of nitrogens with one attached hydrogen (secondary N) is 1. The van der Waals surface area contributed by atoms with Crippen LogP contribution in [-0.2, 0) is 13.1 Å². The minimum absolute atomic E-state index is 0. The highest BCUT2D eigenvalue weighted by Gasteiger charge is 2.13. The fourth-order valence-corrected chi connectivity index (χ4v) is 3.60. The molecule has 0 atom stereocenters. The average molecular weight is 509 g/mol. The number of hydrogen-bond donors (Lipinski definition) is 1. The van der Waals surface area contributed by atoms with E-state index in [0.29, 0.717) is 6.54 Å². The maximum Gasteiger partial charge on any atom is 0.193 e. The molecule has 0 bridgehead atoms. The first-order valence-electron chi connectivity index (χ1n) is 9.95. The second-order valence-corrected chi connectivity index (χ2v) is 7.14. The third kappa shape index (κ3) is 6.48. The van der Waals surface area contributed by atoms with Gasteiger partial charge in [-0.2, -0.15) is 0 Å². The van der Waals surface area contributed by atoms with E-state index in [0.717, 1.165) is 42.7 Å². The smallest absolute Gasteiger partial charge is 0.193 e. The summed E-state index contributed by atoms with van der Waals surface area (Å²) in [5, 5.41) is 3.46. The van der Waals surface area contributed by atoms with Crippen LogP contribution < -0.4 is 15.0 Å². The van der Waals surface area contributed by atoms with Crippen LogP contribution in [0.15, 0.2) is 47.6 Å². The van der Waals surface area contributed by atoms with Crippen molar-refractivity contribution in [1.29, 1.82) is 0 Å². The van der Waals surface area contributed by atoms with Gasteiger partial charge in [-0.05, 0) is 43.0 Å². The van der Waals surface area contributed by atoms with E-state index >= 15 is 0 Å². The van der Waals surface area contributed by atoms with Crippen molar-refractivity contribution in [1.82, 2.24) is 15.2 Å². The highest BCUT2D eigenvalue weighted by atomic mass is 127. The minimum Gasteiger partial charge on any atom is -0.496 e. The average Bonchev–Trinajstić information content (AvgIpc) is 2.75. The van der Waals surface area contributed by atoms with Gasteiger partial charge in [0.05, 0.1) is 7.11 Å². The van der Waals surface area contributed by atoms with Crippen LogP contribution >= 0.6 is 24.0 Å². The van der Waals surface area contributed by atoms with Crippen molar-refractivity contribution in [3.63, 3.8) is 0 Å². The van der Waals surface area contributed by atoms with Crippen LogP contribution in [0.3, 0.4) is 0 Å². The number of nitrogens with zero attached hydrogens (tertiary/aromatic N) is 4. The maximum atomic E-state index is 5.46. The van der Waals surface area contributed by atoms with Crippen molar-refractivity contribution >= 4 is 35.8 Å². The van der Waals surface area contributed by atoms with Gasteiger partial charge >= 0.3 is 0 Å². The Morgan fingerprint density at radius 3 is 2.69 bits per heavy atom. The Bertz CT molecular complexity index is 792. The van der Waals surface area contributed by atoms with E-state index < -0.39 is 0 Å². The summed E-state index contributed by atoms with van der Waals surface area (Å²) in [7, 11) is 5.55. The number of rotatable bonds is 6. The molecule has 1 aromatic carbocycles. The fraction of sp³-hybridized carbons (Fsp3) is 0.455. The van der Waals surface area contributed by atoms with E-state index in [9.17, 15) is 0 Å². The number of pyridine rings is 1. The van der Waals surface area contributed by atoms with Crippen molar-refractivity contribution in [3.05, 3.63) is 53.7 Å². The van der Waals surface area contributed by atoms with Gasteiger partial charge in [-0.1, -0.05) is 18.2 Å². The number of methoxy groups -OCH3 is 1. The van der Waals surface area contributed by atoms with Crippen LogP contribution in [0, 0.1) is 0 Å². The molecule has 0 unspecified atom stereocenters. The van der Waals surface area contributed by atoms with Crippen LogP contribution in [0.2, 0.25) is 0 Å². The minimum atomic E-state index is 0. The molecule has 1 aliphatic rings. The normalized spacial score (nSPS) is 14.2. The summed E-state index contributed by atoms with van der Waals surface area (Å²) in [4.78, 5) is 13.5. The van der Waals surface area contributed by atoms with Gasteiger partial charge in [0.1, 0.15) is 11.6 Å². The molecule has 6 nitrogen and oxygen atoms in total. The Balaban J connectivity index is 0.00000300. The van der Waals surface area contributed by atoms with E-state index in [1.165, 1.54) is 24.8 Å². The molecule has 2 heterocycles. The predicted octanol–water partition coefficient (Wildman–Crippen LogP) is 3.91. The monoisotopic (exact) mass is 509 g/mol. The highest BCUT2D eigenvalue weighted by Crippen LogP contribution is 2.20. The number of hydrogen-bond acceptors (Lipinski definition) is 4. The molecule has 0 saturated carbocycles. The molecule has 2 aromatic rings. The molecule has 1 saturated heterocycles. The molecule has 1 aromatic heterocycles. The lowest BCUT2D eigenvalue weighted by Crippen LogP contribution is -2.38. The van der Waals surface area contributed by atoms with Gasteiger partial charge in [-0.3, -0.25) is 4.99 Å². The lowest BCUT2D eigenvalue weighted by molar-refractivity contribution is 0.396. The first kappa shape index (κ1) is 23.3. The van der Waals surface area contributed by atoms with E-state index in [1.54, 1.807) is 7.11 Å². The van der Waals surface area contributed by atoms with Crippen molar-refractivity contribution in [2.45, 2.75) is 32.4 Å². The van der Waals surface area contributed by atoms with Gasteiger partial charge < -0.3 is 19.9 Å². The zero-order chi connectivity index (χ0) is 19.8. The fourth-order valence-electron chi connectivity index (χ4n) is 3.60. The largest absolute Gasteiger partial charge is 0.496 e. The lowest BCUT2D eigenvalue weighted by atomic mass is 10.1. The number of para-hydroxylation sites is 1.